The fraction of sp³-hybridized carbons (Fsp3) is 0.667. The topological polar surface area (TPSA) is 65.5 Å². The van der Waals surface area contributed by atoms with Gasteiger partial charge in [-0.2, -0.15) is 0 Å². The van der Waals surface area contributed by atoms with Crippen molar-refractivity contribution >= 4 is 5.91 Å². The van der Waals surface area contributed by atoms with Crippen LogP contribution in [0.1, 0.15) is 39.3 Å². The summed E-state index contributed by atoms with van der Waals surface area (Å²) in [4.78, 5) is 19.0. The van der Waals surface area contributed by atoms with Crippen LogP contribution in [0.3, 0.4) is 0 Å². The van der Waals surface area contributed by atoms with Gasteiger partial charge in [-0.15, -0.1) is 0 Å². The molecule has 2 N–H and O–H groups in total. The number of hydrogen-bond donors (Lipinski definition) is 2. The maximum Gasteiger partial charge on any atom is 0.237 e. The Kier molecular flexibility index (Phi) is 6.54. The van der Waals surface area contributed by atoms with E-state index in [1.165, 1.54) is 0 Å². The van der Waals surface area contributed by atoms with Crippen LogP contribution in [-0.4, -0.2) is 52.2 Å². The largest absolute Gasteiger partial charge is 0.396 e. The highest BCUT2D eigenvalue weighted by Crippen LogP contribution is 2.25. The van der Waals surface area contributed by atoms with Crippen molar-refractivity contribution in [2.75, 3.05) is 13.2 Å². The maximum absolute atomic E-state index is 12.4. The highest BCUT2D eigenvalue weighted by atomic mass is 16.3. The van der Waals surface area contributed by atoms with Crippen LogP contribution in [-0.2, 0) is 11.2 Å². The zero-order valence-corrected chi connectivity index (χ0v) is 14.4. The van der Waals surface area contributed by atoms with Gasteiger partial charge in [0.25, 0.3) is 0 Å². The Morgan fingerprint density at radius 3 is 2.65 bits per heavy atom. The Bertz CT molecular complexity index is 484. The number of carbonyl (C=O) groups is 1. The molecular formula is C18H29N3O2. The molecule has 5 nitrogen and oxygen atoms in total. The summed E-state index contributed by atoms with van der Waals surface area (Å²) in [6.07, 6.45) is 4.72. The van der Waals surface area contributed by atoms with Crippen molar-refractivity contribution in [3.63, 3.8) is 0 Å². The molecule has 0 saturated carbocycles. The van der Waals surface area contributed by atoms with Crippen molar-refractivity contribution in [3.8, 4) is 0 Å². The van der Waals surface area contributed by atoms with E-state index in [4.69, 9.17) is 0 Å². The third-order valence-corrected chi connectivity index (χ3v) is 4.89. The van der Waals surface area contributed by atoms with Gasteiger partial charge in [0.1, 0.15) is 0 Å². The van der Waals surface area contributed by atoms with Gasteiger partial charge in [0.15, 0.2) is 0 Å². The van der Waals surface area contributed by atoms with Gasteiger partial charge < -0.3 is 10.4 Å². The van der Waals surface area contributed by atoms with Crippen LogP contribution in [0.25, 0.3) is 0 Å². The smallest absolute Gasteiger partial charge is 0.237 e. The number of nitrogens with zero attached hydrogens (tertiary/aromatic N) is 2. The minimum Gasteiger partial charge on any atom is -0.396 e. The number of aliphatic hydroxyl groups excluding tert-OH is 1. The molecule has 1 saturated heterocycles. The lowest BCUT2D eigenvalue weighted by molar-refractivity contribution is -0.127. The van der Waals surface area contributed by atoms with E-state index in [-0.39, 0.29) is 24.5 Å². The van der Waals surface area contributed by atoms with E-state index < -0.39 is 0 Å². The van der Waals surface area contributed by atoms with Gasteiger partial charge in [0, 0.05) is 43.0 Å². The van der Waals surface area contributed by atoms with Crippen molar-refractivity contribution in [2.45, 2.75) is 58.2 Å². The lowest BCUT2D eigenvalue weighted by Gasteiger charge is -2.31. The van der Waals surface area contributed by atoms with Crippen LogP contribution in [0.4, 0.5) is 0 Å². The summed E-state index contributed by atoms with van der Waals surface area (Å²) < 4.78 is 0. The molecule has 0 radical (unpaired) electrons. The Morgan fingerprint density at radius 2 is 2.09 bits per heavy atom. The van der Waals surface area contributed by atoms with Crippen LogP contribution in [0.15, 0.2) is 24.4 Å². The summed E-state index contributed by atoms with van der Waals surface area (Å²) >= 11 is 0. The molecule has 128 valence electrons. The van der Waals surface area contributed by atoms with Gasteiger partial charge in [-0.3, -0.25) is 14.7 Å². The van der Waals surface area contributed by atoms with Gasteiger partial charge in [-0.25, -0.2) is 0 Å². The number of carbonyl (C=O) groups excluding carboxylic acids is 1. The van der Waals surface area contributed by atoms with Crippen molar-refractivity contribution in [1.82, 2.24) is 15.2 Å². The van der Waals surface area contributed by atoms with E-state index >= 15 is 0 Å². The normalized spacial score (nSPS) is 24.3. The first kappa shape index (κ1) is 17.9. The highest BCUT2D eigenvalue weighted by molar-refractivity contribution is 5.81. The molecule has 0 spiro atoms. The second-order valence-corrected chi connectivity index (χ2v) is 6.72. The van der Waals surface area contributed by atoms with E-state index in [2.05, 4.69) is 29.0 Å². The Hall–Kier alpha value is -1.46. The van der Waals surface area contributed by atoms with Crippen molar-refractivity contribution in [2.24, 2.45) is 5.92 Å². The SMILES string of the molecule is C[C@@H]1CC[C@H](C)N1[C@H](C)C(=O)NC[C@H](CO)Cc1ccccn1. The van der Waals surface area contributed by atoms with Crippen LogP contribution in [0.5, 0.6) is 0 Å². The number of hydrogen-bond acceptors (Lipinski definition) is 4. The summed E-state index contributed by atoms with van der Waals surface area (Å²) in [7, 11) is 0. The highest BCUT2D eigenvalue weighted by Gasteiger charge is 2.34. The molecule has 1 aliphatic heterocycles. The lowest BCUT2D eigenvalue weighted by Crippen LogP contribution is -2.50. The van der Waals surface area contributed by atoms with Gasteiger partial charge in [0.05, 0.1) is 6.04 Å². The number of nitrogens with one attached hydrogen (secondary N) is 1. The Labute approximate surface area is 139 Å². The summed E-state index contributed by atoms with van der Waals surface area (Å²) in [6, 6.07) is 6.53. The zero-order chi connectivity index (χ0) is 16.8. The molecule has 0 aliphatic carbocycles. The van der Waals surface area contributed by atoms with Crippen LogP contribution < -0.4 is 5.32 Å². The molecule has 4 atom stereocenters. The number of pyridine rings is 1. The molecule has 2 heterocycles. The standard InChI is InChI=1S/C18H29N3O2/c1-13-7-8-14(2)21(13)15(3)18(23)20-11-16(12-22)10-17-6-4-5-9-19-17/h4-6,9,13-16,22H,7-8,10-12H2,1-3H3,(H,20,23)/t13-,14+,15-,16-/m1/s1. The summed E-state index contributed by atoms with van der Waals surface area (Å²) in [5, 5.41) is 12.5. The van der Waals surface area contributed by atoms with E-state index in [1.54, 1.807) is 6.20 Å². The molecular weight excluding hydrogens is 290 g/mol. The Morgan fingerprint density at radius 1 is 1.39 bits per heavy atom. The molecule has 2 rings (SSSR count). The maximum atomic E-state index is 12.4. The third kappa shape index (κ3) is 4.75. The van der Waals surface area contributed by atoms with E-state index in [0.717, 1.165) is 18.5 Å². The van der Waals surface area contributed by atoms with Crippen molar-refractivity contribution < 1.29 is 9.90 Å². The van der Waals surface area contributed by atoms with Gasteiger partial charge >= 0.3 is 0 Å². The molecule has 5 heteroatoms. The number of rotatable bonds is 7. The van der Waals surface area contributed by atoms with E-state index in [9.17, 15) is 9.90 Å². The predicted molar refractivity (Wildman–Crippen MR) is 91.0 cm³/mol. The summed E-state index contributed by atoms with van der Waals surface area (Å²) in [6.45, 7) is 6.87. The summed E-state index contributed by atoms with van der Waals surface area (Å²) in [5.41, 5.74) is 0.940. The van der Waals surface area contributed by atoms with Crippen molar-refractivity contribution in [1.29, 1.82) is 0 Å². The third-order valence-electron chi connectivity index (χ3n) is 4.89. The Balaban J connectivity index is 1.84. The van der Waals surface area contributed by atoms with Gasteiger partial charge in [-0.05, 0) is 52.2 Å². The molecule has 0 unspecified atom stereocenters. The lowest BCUT2D eigenvalue weighted by atomic mass is 10.0. The molecule has 1 aromatic heterocycles. The quantitative estimate of drug-likeness (QED) is 0.801. The molecule has 1 aliphatic rings. The number of likely N-dealkylation sites (tertiary alicyclic amines) is 1. The van der Waals surface area contributed by atoms with Crippen LogP contribution in [0, 0.1) is 5.92 Å². The molecule has 23 heavy (non-hydrogen) atoms. The minimum absolute atomic E-state index is 0.00512. The second kappa shape index (κ2) is 8.41. The molecule has 1 aromatic rings. The van der Waals surface area contributed by atoms with Gasteiger partial charge in [-0.1, -0.05) is 6.07 Å². The first-order chi connectivity index (χ1) is 11.0. The monoisotopic (exact) mass is 319 g/mol. The second-order valence-electron chi connectivity index (χ2n) is 6.72. The number of aliphatic hydroxyl groups is 1. The van der Waals surface area contributed by atoms with Gasteiger partial charge in [0.2, 0.25) is 5.91 Å². The van der Waals surface area contributed by atoms with Crippen LogP contribution >= 0.6 is 0 Å². The minimum atomic E-state index is -0.128. The number of amides is 1. The number of aromatic nitrogens is 1. The average molecular weight is 319 g/mol. The zero-order valence-electron chi connectivity index (χ0n) is 14.4. The van der Waals surface area contributed by atoms with E-state index in [1.807, 2.05) is 25.1 Å². The fourth-order valence-corrected chi connectivity index (χ4v) is 3.52. The fourth-order valence-electron chi connectivity index (χ4n) is 3.52. The first-order valence-electron chi connectivity index (χ1n) is 8.58. The summed E-state index contributed by atoms with van der Waals surface area (Å²) in [5.74, 6) is 0.0412. The van der Waals surface area contributed by atoms with Crippen LogP contribution in [0.2, 0.25) is 0 Å². The predicted octanol–water partition coefficient (Wildman–Crippen LogP) is 1.61. The average Bonchev–Trinajstić information content (AvgIpc) is 2.90. The molecule has 1 fully saturated rings. The van der Waals surface area contributed by atoms with E-state index in [0.29, 0.717) is 25.0 Å². The molecule has 1 amide bonds. The molecule has 0 aromatic carbocycles. The molecule has 0 bridgehead atoms. The first-order valence-corrected chi connectivity index (χ1v) is 8.58. The van der Waals surface area contributed by atoms with Crippen molar-refractivity contribution in [3.05, 3.63) is 30.1 Å².